The zero-order valence-electron chi connectivity index (χ0n) is 12.6. The number of benzene rings is 1. The van der Waals surface area contributed by atoms with E-state index in [1.165, 1.54) is 0 Å². The topological polar surface area (TPSA) is 78.9 Å². The fraction of sp³-hybridized carbons (Fsp3) is 0.467. The number of nitrogens with zero attached hydrogens (tertiary/aromatic N) is 2. The fourth-order valence-electron chi connectivity index (χ4n) is 2.29. The van der Waals surface area contributed by atoms with Crippen molar-refractivity contribution in [1.29, 1.82) is 0 Å². The number of amidine groups is 1. The number of carbonyl (C=O) groups excluding carboxylic acids is 1. The van der Waals surface area contributed by atoms with Crippen molar-refractivity contribution in [2.45, 2.75) is 33.6 Å². The molecule has 0 heterocycles. The van der Waals surface area contributed by atoms with Gasteiger partial charge in [0.05, 0.1) is 5.92 Å². The fourth-order valence-corrected chi connectivity index (χ4v) is 2.29. The van der Waals surface area contributed by atoms with Crippen LogP contribution in [0.25, 0.3) is 0 Å². The summed E-state index contributed by atoms with van der Waals surface area (Å²) in [6.45, 7) is 5.93. The van der Waals surface area contributed by atoms with Crippen LogP contribution in [-0.2, 0) is 4.79 Å². The minimum Gasteiger partial charge on any atom is -0.409 e. The SMILES string of the molecule is CCCC(C(=O)N(C)c1ccc(C)cc1C)C(N)=NO. The lowest BCUT2D eigenvalue weighted by molar-refractivity contribution is -0.120. The second-order valence-electron chi connectivity index (χ2n) is 5.05. The van der Waals surface area contributed by atoms with Crippen molar-refractivity contribution in [3.05, 3.63) is 29.3 Å². The minimum absolute atomic E-state index is 0.0338. The van der Waals surface area contributed by atoms with Gasteiger partial charge in [-0.05, 0) is 31.9 Å². The van der Waals surface area contributed by atoms with E-state index in [0.29, 0.717) is 6.42 Å². The molecule has 5 heteroatoms. The van der Waals surface area contributed by atoms with Crippen molar-refractivity contribution in [2.75, 3.05) is 11.9 Å². The summed E-state index contributed by atoms with van der Waals surface area (Å²) in [4.78, 5) is 14.1. The third-order valence-electron chi connectivity index (χ3n) is 3.39. The van der Waals surface area contributed by atoms with E-state index in [0.717, 1.165) is 23.2 Å². The van der Waals surface area contributed by atoms with Gasteiger partial charge in [-0.2, -0.15) is 0 Å². The summed E-state index contributed by atoms with van der Waals surface area (Å²) in [6, 6.07) is 5.90. The van der Waals surface area contributed by atoms with Crippen LogP contribution in [0.3, 0.4) is 0 Å². The number of aryl methyl sites for hydroxylation is 2. The Morgan fingerprint density at radius 3 is 2.60 bits per heavy atom. The van der Waals surface area contributed by atoms with Gasteiger partial charge in [0.15, 0.2) is 5.84 Å². The van der Waals surface area contributed by atoms with Crippen molar-refractivity contribution in [1.82, 2.24) is 0 Å². The highest BCUT2D eigenvalue weighted by Crippen LogP contribution is 2.22. The molecular formula is C15H23N3O2. The van der Waals surface area contributed by atoms with E-state index < -0.39 is 5.92 Å². The van der Waals surface area contributed by atoms with Crippen LogP contribution >= 0.6 is 0 Å². The van der Waals surface area contributed by atoms with E-state index in [-0.39, 0.29) is 11.7 Å². The van der Waals surface area contributed by atoms with Crippen molar-refractivity contribution in [3.63, 3.8) is 0 Å². The Labute approximate surface area is 120 Å². The average Bonchev–Trinajstić information content (AvgIpc) is 2.42. The van der Waals surface area contributed by atoms with E-state index in [9.17, 15) is 4.79 Å². The number of hydrogen-bond donors (Lipinski definition) is 2. The zero-order valence-corrected chi connectivity index (χ0v) is 12.6. The van der Waals surface area contributed by atoms with Gasteiger partial charge in [-0.3, -0.25) is 4.79 Å². The summed E-state index contributed by atoms with van der Waals surface area (Å²) >= 11 is 0. The molecule has 0 spiro atoms. The van der Waals surface area contributed by atoms with Crippen LogP contribution in [0, 0.1) is 19.8 Å². The van der Waals surface area contributed by atoms with Gasteiger partial charge in [-0.25, -0.2) is 0 Å². The summed E-state index contributed by atoms with van der Waals surface area (Å²) < 4.78 is 0. The van der Waals surface area contributed by atoms with Crippen molar-refractivity contribution >= 4 is 17.4 Å². The van der Waals surface area contributed by atoms with Gasteiger partial charge in [-0.1, -0.05) is 36.2 Å². The standard InChI is InChI=1S/C15H23N3O2/c1-5-6-12(14(16)17-20)15(19)18(4)13-8-7-10(2)9-11(13)3/h7-9,12,20H,5-6H2,1-4H3,(H2,16,17). The number of carbonyl (C=O) groups is 1. The maximum absolute atomic E-state index is 12.5. The molecule has 3 N–H and O–H groups in total. The van der Waals surface area contributed by atoms with E-state index in [1.807, 2.05) is 39.0 Å². The normalized spacial score (nSPS) is 13.1. The smallest absolute Gasteiger partial charge is 0.237 e. The largest absolute Gasteiger partial charge is 0.409 e. The molecular weight excluding hydrogens is 254 g/mol. The van der Waals surface area contributed by atoms with Gasteiger partial charge >= 0.3 is 0 Å². The Bertz CT molecular complexity index is 512. The molecule has 110 valence electrons. The lowest BCUT2D eigenvalue weighted by atomic mass is 10.00. The van der Waals surface area contributed by atoms with Crippen LogP contribution in [0.15, 0.2) is 23.4 Å². The second-order valence-corrected chi connectivity index (χ2v) is 5.05. The second kappa shape index (κ2) is 6.93. The lowest BCUT2D eigenvalue weighted by Gasteiger charge is -2.24. The molecule has 1 aromatic carbocycles. The van der Waals surface area contributed by atoms with Crippen LogP contribution in [-0.4, -0.2) is 24.0 Å². The summed E-state index contributed by atoms with van der Waals surface area (Å²) in [6.07, 6.45) is 1.34. The highest BCUT2D eigenvalue weighted by atomic mass is 16.4. The highest BCUT2D eigenvalue weighted by molar-refractivity contribution is 6.08. The molecule has 0 aliphatic heterocycles. The molecule has 5 nitrogen and oxygen atoms in total. The highest BCUT2D eigenvalue weighted by Gasteiger charge is 2.26. The maximum Gasteiger partial charge on any atom is 0.237 e. The van der Waals surface area contributed by atoms with E-state index >= 15 is 0 Å². The zero-order chi connectivity index (χ0) is 15.3. The number of nitrogens with two attached hydrogens (primary N) is 1. The van der Waals surface area contributed by atoms with Crippen molar-refractivity contribution in [3.8, 4) is 0 Å². The maximum atomic E-state index is 12.5. The molecule has 1 atom stereocenters. The number of rotatable bonds is 5. The Balaban J connectivity index is 3.05. The first kappa shape index (κ1) is 16.0. The molecule has 0 fully saturated rings. The Morgan fingerprint density at radius 2 is 2.10 bits per heavy atom. The first-order valence-corrected chi connectivity index (χ1v) is 6.74. The van der Waals surface area contributed by atoms with E-state index in [4.69, 9.17) is 10.9 Å². The van der Waals surface area contributed by atoms with Gasteiger partial charge in [0.2, 0.25) is 5.91 Å². The molecule has 20 heavy (non-hydrogen) atoms. The van der Waals surface area contributed by atoms with Crippen LogP contribution in [0.1, 0.15) is 30.9 Å². The molecule has 1 aromatic rings. The molecule has 0 saturated carbocycles. The Hall–Kier alpha value is -2.04. The quantitative estimate of drug-likeness (QED) is 0.375. The number of hydrogen-bond acceptors (Lipinski definition) is 3. The average molecular weight is 277 g/mol. The van der Waals surface area contributed by atoms with Crippen molar-refractivity contribution < 1.29 is 10.0 Å². The molecule has 0 aliphatic carbocycles. The van der Waals surface area contributed by atoms with Crippen LogP contribution in [0.4, 0.5) is 5.69 Å². The molecule has 0 bridgehead atoms. The summed E-state index contributed by atoms with van der Waals surface area (Å²) in [5, 5.41) is 11.8. The Morgan fingerprint density at radius 1 is 1.45 bits per heavy atom. The first-order valence-electron chi connectivity index (χ1n) is 6.74. The molecule has 0 aromatic heterocycles. The first-order chi connectivity index (χ1) is 9.42. The molecule has 1 amide bonds. The number of amides is 1. The van der Waals surface area contributed by atoms with Gasteiger partial charge in [0, 0.05) is 12.7 Å². The predicted octanol–water partition coefficient (Wildman–Crippen LogP) is 2.43. The molecule has 0 aliphatic rings. The third-order valence-corrected chi connectivity index (χ3v) is 3.39. The predicted molar refractivity (Wildman–Crippen MR) is 81.1 cm³/mol. The van der Waals surface area contributed by atoms with Gasteiger partial charge in [-0.15, -0.1) is 0 Å². The lowest BCUT2D eigenvalue weighted by Crippen LogP contribution is -2.40. The molecule has 0 saturated heterocycles. The van der Waals surface area contributed by atoms with Crippen LogP contribution in [0.2, 0.25) is 0 Å². The minimum atomic E-state index is -0.587. The van der Waals surface area contributed by atoms with Crippen molar-refractivity contribution in [2.24, 2.45) is 16.8 Å². The van der Waals surface area contributed by atoms with Crippen LogP contribution < -0.4 is 10.6 Å². The molecule has 1 rings (SSSR count). The van der Waals surface area contributed by atoms with E-state index in [1.54, 1.807) is 11.9 Å². The van der Waals surface area contributed by atoms with Crippen LogP contribution in [0.5, 0.6) is 0 Å². The molecule has 0 radical (unpaired) electrons. The van der Waals surface area contributed by atoms with Gasteiger partial charge in [0.1, 0.15) is 0 Å². The van der Waals surface area contributed by atoms with E-state index in [2.05, 4.69) is 5.16 Å². The summed E-state index contributed by atoms with van der Waals surface area (Å²) in [5.41, 5.74) is 8.65. The Kier molecular flexibility index (Phi) is 5.55. The molecule has 1 unspecified atom stereocenters. The van der Waals surface area contributed by atoms with Gasteiger partial charge < -0.3 is 15.8 Å². The summed E-state index contributed by atoms with van der Waals surface area (Å²) in [7, 11) is 1.72. The summed E-state index contributed by atoms with van der Waals surface area (Å²) in [5.74, 6) is -0.779. The monoisotopic (exact) mass is 277 g/mol. The third kappa shape index (κ3) is 3.50. The number of anilines is 1. The number of oxime groups is 1. The van der Waals surface area contributed by atoms with Gasteiger partial charge in [0.25, 0.3) is 0 Å².